The first-order chi connectivity index (χ1) is 9.61. The molecule has 0 aromatic carbocycles. The molecule has 0 spiro atoms. The minimum atomic E-state index is -0.251. The molecule has 3 heterocycles. The van der Waals surface area contributed by atoms with Gasteiger partial charge in [-0.2, -0.15) is 5.10 Å². The van der Waals surface area contributed by atoms with Crippen LogP contribution in [0.5, 0.6) is 0 Å². The van der Waals surface area contributed by atoms with Crippen LogP contribution in [0, 0.1) is 6.92 Å². The standard InChI is InChI=1S/C13H20N6O/c1-8-4-3-5-10(7-14)18(8)11-6-12-16-17-13(20)19(12)9(2)15-11/h6,8,10H,3-5,7,14H2,1-2H3,(H,17,20). The first kappa shape index (κ1) is 13.1. The highest BCUT2D eigenvalue weighted by Crippen LogP contribution is 2.28. The van der Waals surface area contributed by atoms with Crippen molar-refractivity contribution in [1.29, 1.82) is 0 Å². The van der Waals surface area contributed by atoms with Gasteiger partial charge in [-0.3, -0.25) is 0 Å². The van der Waals surface area contributed by atoms with Crippen LogP contribution >= 0.6 is 0 Å². The summed E-state index contributed by atoms with van der Waals surface area (Å²) in [6.07, 6.45) is 3.42. The van der Waals surface area contributed by atoms with Crippen LogP contribution in [0.25, 0.3) is 5.65 Å². The van der Waals surface area contributed by atoms with Gasteiger partial charge in [-0.15, -0.1) is 0 Å². The molecular weight excluding hydrogens is 256 g/mol. The lowest BCUT2D eigenvalue weighted by molar-refractivity contribution is 0.397. The first-order valence-corrected chi connectivity index (χ1v) is 7.05. The van der Waals surface area contributed by atoms with E-state index < -0.39 is 0 Å². The lowest BCUT2D eigenvalue weighted by atomic mass is 9.96. The van der Waals surface area contributed by atoms with Crippen molar-refractivity contribution in [2.75, 3.05) is 11.4 Å². The van der Waals surface area contributed by atoms with Crippen LogP contribution in [0.15, 0.2) is 10.9 Å². The Morgan fingerprint density at radius 1 is 1.50 bits per heavy atom. The maximum Gasteiger partial charge on any atom is 0.349 e. The van der Waals surface area contributed by atoms with E-state index in [0.717, 1.165) is 18.7 Å². The van der Waals surface area contributed by atoms with E-state index in [1.54, 1.807) is 0 Å². The average molecular weight is 276 g/mol. The zero-order valence-electron chi connectivity index (χ0n) is 11.8. The predicted molar refractivity (Wildman–Crippen MR) is 77.0 cm³/mol. The molecule has 0 amide bonds. The molecule has 1 fully saturated rings. The number of aromatic amines is 1. The molecule has 3 rings (SSSR count). The van der Waals surface area contributed by atoms with Gasteiger partial charge in [0.05, 0.1) is 0 Å². The van der Waals surface area contributed by atoms with Gasteiger partial charge in [0.1, 0.15) is 11.6 Å². The van der Waals surface area contributed by atoms with Crippen LogP contribution in [0.2, 0.25) is 0 Å². The molecular formula is C13H20N6O. The summed E-state index contributed by atoms with van der Waals surface area (Å²) in [6, 6.07) is 2.56. The largest absolute Gasteiger partial charge is 0.349 e. The van der Waals surface area contributed by atoms with Crippen LogP contribution < -0.4 is 16.3 Å². The molecule has 7 nitrogen and oxygen atoms in total. The summed E-state index contributed by atoms with van der Waals surface area (Å²) in [5.74, 6) is 1.50. The van der Waals surface area contributed by atoms with Crippen LogP contribution in [-0.2, 0) is 0 Å². The van der Waals surface area contributed by atoms with Crippen molar-refractivity contribution in [1.82, 2.24) is 19.6 Å². The molecule has 2 aromatic rings. The van der Waals surface area contributed by atoms with E-state index in [2.05, 4.69) is 27.0 Å². The Morgan fingerprint density at radius 2 is 2.30 bits per heavy atom. The summed E-state index contributed by atoms with van der Waals surface area (Å²) in [4.78, 5) is 18.5. The van der Waals surface area contributed by atoms with Gasteiger partial charge in [0.25, 0.3) is 0 Å². The van der Waals surface area contributed by atoms with E-state index in [-0.39, 0.29) is 5.69 Å². The fraction of sp³-hybridized carbons (Fsp3) is 0.615. The first-order valence-electron chi connectivity index (χ1n) is 7.05. The highest BCUT2D eigenvalue weighted by Gasteiger charge is 2.28. The van der Waals surface area contributed by atoms with Crippen molar-refractivity contribution in [3.8, 4) is 0 Å². The van der Waals surface area contributed by atoms with Crippen molar-refractivity contribution in [2.24, 2.45) is 5.73 Å². The normalized spacial score (nSPS) is 23.4. The lowest BCUT2D eigenvalue weighted by Crippen LogP contribution is -2.49. The molecule has 0 aliphatic carbocycles. The number of nitrogens with two attached hydrogens (primary N) is 1. The number of H-pyrrole nitrogens is 1. The Kier molecular flexibility index (Phi) is 3.21. The number of nitrogens with one attached hydrogen (secondary N) is 1. The Hall–Kier alpha value is -1.89. The third-order valence-corrected chi connectivity index (χ3v) is 4.12. The van der Waals surface area contributed by atoms with Gasteiger partial charge < -0.3 is 10.6 Å². The van der Waals surface area contributed by atoms with Gasteiger partial charge in [-0.05, 0) is 33.1 Å². The molecule has 1 aliphatic heterocycles. The van der Waals surface area contributed by atoms with E-state index >= 15 is 0 Å². The Morgan fingerprint density at radius 3 is 3.05 bits per heavy atom. The molecule has 3 N–H and O–H groups in total. The fourth-order valence-corrected chi connectivity index (χ4v) is 3.15. The summed E-state index contributed by atoms with van der Waals surface area (Å²) in [6.45, 7) is 4.63. The lowest BCUT2D eigenvalue weighted by Gasteiger charge is -2.41. The van der Waals surface area contributed by atoms with Crippen molar-refractivity contribution >= 4 is 11.5 Å². The smallest absolute Gasteiger partial charge is 0.349 e. The summed E-state index contributed by atoms with van der Waals surface area (Å²) in [5, 5.41) is 6.50. The highest BCUT2D eigenvalue weighted by atomic mass is 16.1. The Balaban J connectivity index is 2.10. The second-order valence-corrected chi connectivity index (χ2v) is 5.46. The van der Waals surface area contributed by atoms with Gasteiger partial charge in [0, 0.05) is 24.7 Å². The average Bonchev–Trinajstić information content (AvgIpc) is 2.80. The number of aryl methyl sites for hydroxylation is 1. The molecule has 0 bridgehead atoms. The molecule has 1 saturated heterocycles. The summed E-state index contributed by atoms with van der Waals surface area (Å²) in [7, 11) is 0. The molecule has 1 aliphatic rings. The Labute approximate surface area is 116 Å². The molecule has 20 heavy (non-hydrogen) atoms. The van der Waals surface area contributed by atoms with Crippen LogP contribution in [0.1, 0.15) is 32.0 Å². The van der Waals surface area contributed by atoms with Gasteiger partial charge >= 0.3 is 5.69 Å². The second-order valence-electron chi connectivity index (χ2n) is 5.46. The number of hydrogen-bond donors (Lipinski definition) is 2. The minimum Gasteiger partial charge on any atom is -0.349 e. The molecule has 0 saturated carbocycles. The maximum absolute atomic E-state index is 11.6. The van der Waals surface area contributed by atoms with Gasteiger partial charge in [0.2, 0.25) is 0 Å². The van der Waals surface area contributed by atoms with Crippen molar-refractivity contribution in [3.63, 3.8) is 0 Å². The van der Waals surface area contributed by atoms with Gasteiger partial charge in [-0.25, -0.2) is 19.3 Å². The number of hydrogen-bond acceptors (Lipinski definition) is 5. The monoisotopic (exact) mass is 276 g/mol. The Bertz CT molecular complexity index is 675. The van der Waals surface area contributed by atoms with E-state index in [0.29, 0.717) is 30.1 Å². The van der Waals surface area contributed by atoms with E-state index in [1.165, 1.54) is 10.8 Å². The summed E-state index contributed by atoms with van der Waals surface area (Å²) in [5.41, 5.74) is 6.25. The third kappa shape index (κ3) is 1.98. The molecule has 7 heteroatoms. The van der Waals surface area contributed by atoms with Crippen LogP contribution in [0.3, 0.4) is 0 Å². The predicted octanol–water partition coefficient (Wildman–Crippen LogP) is 0.432. The molecule has 0 radical (unpaired) electrons. The summed E-state index contributed by atoms with van der Waals surface area (Å²) >= 11 is 0. The molecule has 2 atom stereocenters. The maximum atomic E-state index is 11.6. The van der Waals surface area contributed by atoms with Gasteiger partial charge in [0.15, 0.2) is 5.65 Å². The summed E-state index contributed by atoms with van der Waals surface area (Å²) < 4.78 is 1.48. The van der Waals surface area contributed by atoms with E-state index in [1.807, 2.05) is 13.0 Å². The number of rotatable bonds is 2. The second kappa shape index (κ2) is 4.90. The molecule has 2 aromatic heterocycles. The van der Waals surface area contributed by atoms with Crippen molar-refractivity contribution < 1.29 is 0 Å². The fourth-order valence-electron chi connectivity index (χ4n) is 3.15. The number of anilines is 1. The van der Waals surface area contributed by atoms with Crippen LogP contribution in [0.4, 0.5) is 5.82 Å². The zero-order chi connectivity index (χ0) is 14.3. The third-order valence-electron chi connectivity index (χ3n) is 4.12. The van der Waals surface area contributed by atoms with Crippen molar-refractivity contribution in [3.05, 3.63) is 22.4 Å². The van der Waals surface area contributed by atoms with Crippen molar-refractivity contribution in [2.45, 2.75) is 45.2 Å². The molecule has 108 valence electrons. The highest BCUT2D eigenvalue weighted by molar-refractivity contribution is 5.53. The minimum absolute atomic E-state index is 0.251. The number of aromatic nitrogens is 4. The van der Waals surface area contributed by atoms with E-state index in [9.17, 15) is 4.79 Å². The number of fused-ring (bicyclic) bond motifs is 1. The number of nitrogens with zero attached hydrogens (tertiary/aromatic N) is 4. The number of piperidine rings is 1. The van der Waals surface area contributed by atoms with Gasteiger partial charge in [-0.1, -0.05) is 0 Å². The SMILES string of the molecule is Cc1nc(N2C(C)CCCC2CN)cc2n[nH]c(=O)n12. The topological polar surface area (TPSA) is 92.3 Å². The van der Waals surface area contributed by atoms with E-state index in [4.69, 9.17) is 5.73 Å². The quantitative estimate of drug-likeness (QED) is 0.830. The zero-order valence-corrected chi connectivity index (χ0v) is 11.8. The van der Waals surface area contributed by atoms with Crippen LogP contribution in [-0.4, -0.2) is 38.2 Å². The molecule has 2 unspecified atom stereocenters.